The predicted octanol–water partition coefficient (Wildman–Crippen LogP) is 2.79. The van der Waals surface area contributed by atoms with Gasteiger partial charge in [0.2, 0.25) is 0 Å². The SMILES string of the molecule is CC1CC2OC2C[C]1C1(C(=O)O)CCCCC1. The molecule has 95 valence electrons. The normalized spacial score (nSPS) is 40.6. The Morgan fingerprint density at radius 1 is 1.29 bits per heavy atom. The van der Waals surface area contributed by atoms with E-state index in [0.717, 1.165) is 38.5 Å². The van der Waals surface area contributed by atoms with Crippen LogP contribution in [0.1, 0.15) is 51.9 Å². The van der Waals surface area contributed by atoms with E-state index in [1.165, 1.54) is 12.3 Å². The van der Waals surface area contributed by atoms with Crippen LogP contribution in [-0.2, 0) is 9.53 Å². The largest absolute Gasteiger partial charge is 0.481 e. The highest BCUT2D eigenvalue weighted by Gasteiger charge is 2.56. The van der Waals surface area contributed by atoms with Crippen LogP contribution in [0.5, 0.6) is 0 Å². The van der Waals surface area contributed by atoms with E-state index in [1.54, 1.807) is 0 Å². The van der Waals surface area contributed by atoms with Crippen LogP contribution in [0.15, 0.2) is 0 Å². The van der Waals surface area contributed by atoms with Crippen LogP contribution >= 0.6 is 0 Å². The quantitative estimate of drug-likeness (QED) is 0.751. The monoisotopic (exact) mass is 237 g/mol. The maximum Gasteiger partial charge on any atom is 0.310 e. The van der Waals surface area contributed by atoms with Crippen molar-refractivity contribution in [3.63, 3.8) is 0 Å². The maximum absolute atomic E-state index is 11.8. The molecule has 2 aliphatic carbocycles. The number of carboxylic acid groups (broad SMARTS) is 1. The summed E-state index contributed by atoms with van der Waals surface area (Å²) in [7, 11) is 0. The third-order valence-electron chi connectivity index (χ3n) is 5.02. The van der Waals surface area contributed by atoms with E-state index in [4.69, 9.17) is 4.74 Å². The molecule has 0 bridgehead atoms. The molecule has 1 radical (unpaired) electrons. The van der Waals surface area contributed by atoms with Gasteiger partial charge in [-0.3, -0.25) is 4.79 Å². The third kappa shape index (κ3) is 1.79. The van der Waals surface area contributed by atoms with Crippen molar-refractivity contribution in [1.29, 1.82) is 0 Å². The molecule has 1 heterocycles. The fourth-order valence-corrected chi connectivity index (χ4v) is 3.97. The van der Waals surface area contributed by atoms with Crippen LogP contribution in [0, 0.1) is 17.3 Å². The molecule has 3 heteroatoms. The van der Waals surface area contributed by atoms with E-state index in [9.17, 15) is 9.90 Å². The fraction of sp³-hybridized carbons (Fsp3) is 0.857. The van der Waals surface area contributed by atoms with Crippen LogP contribution < -0.4 is 0 Å². The van der Waals surface area contributed by atoms with Gasteiger partial charge in [-0.15, -0.1) is 0 Å². The molecule has 1 aliphatic heterocycles. The lowest BCUT2D eigenvalue weighted by Crippen LogP contribution is -2.44. The van der Waals surface area contributed by atoms with Crippen molar-refractivity contribution in [3.05, 3.63) is 5.92 Å². The maximum atomic E-state index is 11.8. The number of ether oxygens (including phenoxy) is 1. The van der Waals surface area contributed by atoms with Crippen molar-refractivity contribution in [3.8, 4) is 0 Å². The van der Waals surface area contributed by atoms with E-state index in [-0.39, 0.29) is 0 Å². The van der Waals surface area contributed by atoms with Gasteiger partial charge in [-0.05, 0) is 37.5 Å². The van der Waals surface area contributed by atoms with Crippen molar-refractivity contribution in [1.82, 2.24) is 0 Å². The standard InChI is InChI=1S/C14H21O3/c1-9-7-11-12(17-11)8-10(9)14(13(15)16)5-3-2-4-6-14/h9,11-12H,2-8H2,1H3,(H,15,16). The summed E-state index contributed by atoms with van der Waals surface area (Å²) in [5.41, 5.74) is -0.519. The molecule has 1 N–H and O–H groups in total. The second-order valence-electron chi connectivity index (χ2n) is 6.03. The second kappa shape index (κ2) is 3.98. The van der Waals surface area contributed by atoms with Gasteiger partial charge >= 0.3 is 5.97 Å². The van der Waals surface area contributed by atoms with Gasteiger partial charge in [0.1, 0.15) is 0 Å². The molecule has 0 aromatic rings. The average molecular weight is 237 g/mol. The molecule has 0 aromatic heterocycles. The summed E-state index contributed by atoms with van der Waals surface area (Å²) in [5.74, 6) is 1.12. The molecule has 3 unspecified atom stereocenters. The van der Waals surface area contributed by atoms with E-state index in [1.807, 2.05) is 0 Å². The molecular weight excluding hydrogens is 216 g/mol. The molecular formula is C14H21O3. The Morgan fingerprint density at radius 2 is 2.00 bits per heavy atom. The molecule has 2 saturated carbocycles. The molecule has 3 rings (SSSR count). The highest BCUT2D eigenvalue weighted by Crippen LogP contribution is 2.55. The molecule has 0 spiro atoms. The molecule has 0 aromatic carbocycles. The minimum absolute atomic E-state index is 0.347. The van der Waals surface area contributed by atoms with Crippen LogP contribution in [0.2, 0.25) is 0 Å². The number of carbonyl (C=O) groups is 1. The van der Waals surface area contributed by atoms with Gasteiger partial charge < -0.3 is 9.84 Å². The first-order valence-corrected chi connectivity index (χ1v) is 6.88. The summed E-state index contributed by atoms with van der Waals surface area (Å²) in [6, 6.07) is 0. The zero-order chi connectivity index (χ0) is 12.0. The van der Waals surface area contributed by atoms with Gasteiger partial charge in [0, 0.05) is 0 Å². The van der Waals surface area contributed by atoms with Crippen molar-refractivity contribution in [2.75, 3.05) is 0 Å². The molecule has 17 heavy (non-hydrogen) atoms. The van der Waals surface area contributed by atoms with Crippen molar-refractivity contribution in [2.24, 2.45) is 11.3 Å². The first-order valence-electron chi connectivity index (χ1n) is 6.88. The topological polar surface area (TPSA) is 49.8 Å². The first kappa shape index (κ1) is 11.5. The number of hydrogen-bond acceptors (Lipinski definition) is 2. The number of rotatable bonds is 2. The Morgan fingerprint density at radius 3 is 2.65 bits per heavy atom. The molecule has 3 nitrogen and oxygen atoms in total. The lowest BCUT2D eigenvalue weighted by atomic mass is 9.58. The number of aliphatic carboxylic acids is 1. The minimum Gasteiger partial charge on any atom is -0.481 e. The van der Waals surface area contributed by atoms with Crippen LogP contribution in [0.25, 0.3) is 0 Å². The number of carboxylic acids is 1. The smallest absolute Gasteiger partial charge is 0.310 e. The van der Waals surface area contributed by atoms with Crippen LogP contribution in [-0.4, -0.2) is 23.3 Å². The van der Waals surface area contributed by atoms with Crippen LogP contribution in [0.4, 0.5) is 0 Å². The lowest BCUT2D eigenvalue weighted by molar-refractivity contribution is -0.150. The first-order chi connectivity index (χ1) is 8.13. The van der Waals surface area contributed by atoms with Crippen LogP contribution in [0.3, 0.4) is 0 Å². The van der Waals surface area contributed by atoms with E-state index >= 15 is 0 Å². The van der Waals surface area contributed by atoms with Gasteiger partial charge in [-0.1, -0.05) is 26.2 Å². The Kier molecular flexibility index (Phi) is 2.69. The molecule has 3 atom stereocenters. The van der Waals surface area contributed by atoms with Crippen molar-refractivity contribution < 1.29 is 14.6 Å². The van der Waals surface area contributed by atoms with Gasteiger partial charge in [-0.25, -0.2) is 0 Å². The van der Waals surface area contributed by atoms with Gasteiger partial charge in [0.15, 0.2) is 0 Å². The minimum atomic E-state index is -0.585. The molecule has 3 aliphatic rings. The van der Waals surface area contributed by atoms with Crippen molar-refractivity contribution in [2.45, 2.75) is 64.1 Å². The van der Waals surface area contributed by atoms with Gasteiger partial charge in [0.25, 0.3) is 0 Å². The van der Waals surface area contributed by atoms with E-state index in [0.29, 0.717) is 18.1 Å². The second-order valence-corrected chi connectivity index (χ2v) is 6.03. The summed E-state index contributed by atoms with van der Waals surface area (Å²) in [6.45, 7) is 2.19. The summed E-state index contributed by atoms with van der Waals surface area (Å²) in [6.07, 6.45) is 7.74. The molecule has 3 fully saturated rings. The number of epoxide rings is 1. The van der Waals surface area contributed by atoms with Gasteiger partial charge in [-0.2, -0.15) is 0 Å². The number of fused-ring (bicyclic) bond motifs is 1. The summed E-state index contributed by atoms with van der Waals surface area (Å²) in [4.78, 5) is 11.8. The fourth-order valence-electron chi connectivity index (χ4n) is 3.97. The highest BCUT2D eigenvalue weighted by atomic mass is 16.6. The van der Waals surface area contributed by atoms with Crippen molar-refractivity contribution >= 4 is 5.97 Å². The Bertz CT molecular complexity index is 319. The highest BCUT2D eigenvalue weighted by molar-refractivity contribution is 5.78. The third-order valence-corrected chi connectivity index (χ3v) is 5.02. The Labute approximate surface area is 103 Å². The van der Waals surface area contributed by atoms with E-state index in [2.05, 4.69) is 6.92 Å². The van der Waals surface area contributed by atoms with Gasteiger partial charge in [0.05, 0.1) is 17.6 Å². The zero-order valence-electron chi connectivity index (χ0n) is 10.4. The summed E-state index contributed by atoms with van der Waals surface area (Å²) in [5, 5.41) is 9.70. The Balaban J connectivity index is 1.84. The average Bonchev–Trinajstić information content (AvgIpc) is 3.06. The lowest BCUT2D eigenvalue weighted by Gasteiger charge is -2.43. The van der Waals surface area contributed by atoms with E-state index < -0.39 is 11.4 Å². The number of hydrogen-bond donors (Lipinski definition) is 1. The zero-order valence-corrected chi connectivity index (χ0v) is 10.4. The Hall–Kier alpha value is -0.570. The molecule has 0 amide bonds. The molecule has 1 saturated heterocycles. The predicted molar refractivity (Wildman–Crippen MR) is 63.5 cm³/mol. The summed E-state index contributed by atoms with van der Waals surface area (Å²) >= 11 is 0. The summed E-state index contributed by atoms with van der Waals surface area (Å²) < 4.78 is 5.58.